The lowest BCUT2D eigenvalue weighted by Crippen LogP contribution is -2.23. The van der Waals surface area contributed by atoms with Crippen LogP contribution in [0.15, 0.2) is 24.3 Å². The summed E-state index contributed by atoms with van der Waals surface area (Å²) in [5, 5.41) is 0. The van der Waals surface area contributed by atoms with Gasteiger partial charge >= 0.3 is 0 Å². The standard InChI is InChI=1S/C12H17NO2/c1-3-15-13-12(14)9-8-11-6-4-10(2)5-7-11/h4-7H,3,8-9H2,1-2H3,(H,13,14). The van der Waals surface area contributed by atoms with E-state index in [1.165, 1.54) is 11.1 Å². The van der Waals surface area contributed by atoms with E-state index in [1.54, 1.807) is 0 Å². The summed E-state index contributed by atoms with van der Waals surface area (Å²) in [5.74, 6) is -0.0718. The fourth-order valence-electron chi connectivity index (χ4n) is 1.22. The van der Waals surface area contributed by atoms with Crippen LogP contribution in [-0.4, -0.2) is 12.5 Å². The summed E-state index contributed by atoms with van der Waals surface area (Å²) < 4.78 is 0. The van der Waals surface area contributed by atoms with E-state index >= 15 is 0 Å². The number of aryl methyl sites for hydroxylation is 2. The Hall–Kier alpha value is -1.35. The number of hydrogen-bond acceptors (Lipinski definition) is 2. The van der Waals surface area contributed by atoms with Crippen LogP contribution >= 0.6 is 0 Å². The van der Waals surface area contributed by atoms with Crippen LogP contribution in [0.5, 0.6) is 0 Å². The lowest BCUT2D eigenvalue weighted by molar-refractivity contribution is -0.133. The molecule has 0 saturated heterocycles. The van der Waals surface area contributed by atoms with E-state index in [-0.39, 0.29) is 5.91 Å². The first-order chi connectivity index (χ1) is 7.22. The second-order valence-electron chi connectivity index (χ2n) is 3.44. The predicted octanol–water partition coefficient (Wildman–Crippen LogP) is 2.00. The Morgan fingerprint density at radius 1 is 1.33 bits per heavy atom. The van der Waals surface area contributed by atoms with E-state index in [1.807, 2.05) is 26.0 Å². The number of amides is 1. The van der Waals surface area contributed by atoms with Crippen molar-refractivity contribution in [1.82, 2.24) is 5.48 Å². The number of carbonyl (C=O) groups excluding carboxylic acids is 1. The van der Waals surface area contributed by atoms with Crippen molar-refractivity contribution in [2.75, 3.05) is 6.61 Å². The van der Waals surface area contributed by atoms with Crippen LogP contribution in [0.25, 0.3) is 0 Å². The smallest absolute Gasteiger partial charge is 0.243 e. The second kappa shape index (κ2) is 6.19. The molecule has 3 nitrogen and oxygen atoms in total. The van der Waals surface area contributed by atoms with E-state index in [4.69, 9.17) is 4.84 Å². The van der Waals surface area contributed by atoms with Crippen molar-refractivity contribution in [3.63, 3.8) is 0 Å². The van der Waals surface area contributed by atoms with Crippen LogP contribution in [0, 0.1) is 6.92 Å². The fourth-order valence-corrected chi connectivity index (χ4v) is 1.22. The fraction of sp³-hybridized carbons (Fsp3) is 0.417. The minimum absolute atomic E-state index is 0.0718. The van der Waals surface area contributed by atoms with E-state index in [9.17, 15) is 4.79 Å². The van der Waals surface area contributed by atoms with Gasteiger partial charge in [0.15, 0.2) is 0 Å². The van der Waals surface area contributed by atoms with Crippen LogP contribution < -0.4 is 5.48 Å². The molecular weight excluding hydrogens is 190 g/mol. The van der Waals surface area contributed by atoms with Gasteiger partial charge in [-0.25, -0.2) is 5.48 Å². The number of carbonyl (C=O) groups is 1. The number of hydroxylamine groups is 1. The van der Waals surface area contributed by atoms with Crippen molar-refractivity contribution in [1.29, 1.82) is 0 Å². The molecule has 0 heterocycles. The minimum Gasteiger partial charge on any atom is -0.274 e. The first kappa shape index (κ1) is 11.7. The molecule has 0 spiro atoms. The van der Waals surface area contributed by atoms with Gasteiger partial charge in [-0.15, -0.1) is 0 Å². The Morgan fingerprint density at radius 3 is 2.60 bits per heavy atom. The van der Waals surface area contributed by atoms with Crippen molar-refractivity contribution in [3.8, 4) is 0 Å². The quantitative estimate of drug-likeness (QED) is 0.750. The topological polar surface area (TPSA) is 38.3 Å². The molecule has 1 N–H and O–H groups in total. The summed E-state index contributed by atoms with van der Waals surface area (Å²) in [6, 6.07) is 8.19. The van der Waals surface area contributed by atoms with Crippen molar-refractivity contribution in [3.05, 3.63) is 35.4 Å². The van der Waals surface area contributed by atoms with Gasteiger partial charge in [0, 0.05) is 6.42 Å². The molecule has 82 valence electrons. The lowest BCUT2D eigenvalue weighted by atomic mass is 10.1. The monoisotopic (exact) mass is 207 g/mol. The second-order valence-corrected chi connectivity index (χ2v) is 3.44. The Labute approximate surface area is 90.4 Å². The molecule has 0 aromatic heterocycles. The molecule has 15 heavy (non-hydrogen) atoms. The molecule has 0 aliphatic carbocycles. The molecule has 0 unspecified atom stereocenters. The zero-order valence-electron chi connectivity index (χ0n) is 9.25. The van der Waals surface area contributed by atoms with Crippen LogP contribution in [-0.2, 0) is 16.1 Å². The molecule has 1 aromatic carbocycles. The van der Waals surface area contributed by atoms with Gasteiger partial charge < -0.3 is 0 Å². The largest absolute Gasteiger partial charge is 0.274 e. The van der Waals surface area contributed by atoms with Crippen LogP contribution in [0.3, 0.4) is 0 Å². The first-order valence-corrected chi connectivity index (χ1v) is 5.18. The molecule has 0 bridgehead atoms. The molecule has 1 rings (SSSR count). The highest BCUT2D eigenvalue weighted by molar-refractivity contribution is 5.75. The molecule has 0 aliphatic heterocycles. The van der Waals surface area contributed by atoms with E-state index < -0.39 is 0 Å². The molecule has 0 fully saturated rings. The Morgan fingerprint density at radius 2 is 2.00 bits per heavy atom. The van der Waals surface area contributed by atoms with Gasteiger partial charge in [-0.05, 0) is 25.8 Å². The number of rotatable bonds is 5. The average molecular weight is 207 g/mol. The molecule has 1 amide bonds. The normalized spacial score (nSPS) is 10.0. The average Bonchev–Trinajstić information content (AvgIpc) is 2.25. The Bertz CT molecular complexity index is 306. The minimum atomic E-state index is -0.0718. The van der Waals surface area contributed by atoms with Gasteiger partial charge in [-0.1, -0.05) is 29.8 Å². The number of nitrogens with one attached hydrogen (secondary N) is 1. The Balaban J connectivity index is 2.30. The van der Waals surface area contributed by atoms with Gasteiger partial charge in [-0.3, -0.25) is 9.63 Å². The van der Waals surface area contributed by atoms with Crippen molar-refractivity contribution >= 4 is 5.91 Å². The molecule has 1 aromatic rings. The first-order valence-electron chi connectivity index (χ1n) is 5.18. The lowest BCUT2D eigenvalue weighted by Gasteiger charge is -2.04. The van der Waals surface area contributed by atoms with Gasteiger partial charge in [0.25, 0.3) is 0 Å². The van der Waals surface area contributed by atoms with Gasteiger partial charge in [-0.2, -0.15) is 0 Å². The summed E-state index contributed by atoms with van der Waals surface area (Å²) in [6.45, 7) is 4.38. The summed E-state index contributed by atoms with van der Waals surface area (Å²) in [4.78, 5) is 16.0. The summed E-state index contributed by atoms with van der Waals surface area (Å²) >= 11 is 0. The van der Waals surface area contributed by atoms with E-state index in [0.717, 1.165) is 6.42 Å². The van der Waals surface area contributed by atoms with Crippen molar-refractivity contribution in [2.45, 2.75) is 26.7 Å². The summed E-state index contributed by atoms with van der Waals surface area (Å²) in [6.07, 6.45) is 1.21. The zero-order chi connectivity index (χ0) is 11.1. The molecule has 0 aliphatic rings. The summed E-state index contributed by atoms with van der Waals surface area (Å²) in [7, 11) is 0. The highest BCUT2D eigenvalue weighted by Gasteiger charge is 2.01. The Kier molecular flexibility index (Phi) is 4.84. The van der Waals surface area contributed by atoms with Gasteiger partial charge in [0.1, 0.15) is 0 Å². The number of benzene rings is 1. The van der Waals surface area contributed by atoms with Crippen molar-refractivity contribution < 1.29 is 9.63 Å². The molecule has 0 radical (unpaired) electrons. The van der Waals surface area contributed by atoms with Gasteiger partial charge in [0.2, 0.25) is 5.91 Å². The van der Waals surface area contributed by atoms with E-state index in [0.29, 0.717) is 13.0 Å². The molecule has 0 saturated carbocycles. The third-order valence-corrected chi connectivity index (χ3v) is 2.09. The molecular formula is C12H17NO2. The highest BCUT2D eigenvalue weighted by atomic mass is 16.6. The third kappa shape index (κ3) is 4.61. The SMILES string of the molecule is CCONC(=O)CCc1ccc(C)cc1. The number of hydrogen-bond donors (Lipinski definition) is 1. The predicted molar refractivity (Wildman–Crippen MR) is 59.3 cm³/mol. The summed E-state index contributed by atoms with van der Waals surface area (Å²) in [5.41, 5.74) is 4.78. The van der Waals surface area contributed by atoms with Crippen LogP contribution in [0.4, 0.5) is 0 Å². The molecule has 0 atom stereocenters. The maximum Gasteiger partial charge on any atom is 0.243 e. The van der Waals surface area contributed by atoms with Crippen LogP contribution in [0.1, 0.15) is 24.5 Å². The maximum atomic E-state index is 11.2. The zero-order valence-corrected chi connectivity index (χ0v) is 9.25. The van der Waals surface area contributed by atoms with Gasteiger partial charge in [0.05, 0.1) is 6.61 Å². The highest BCUT2D eigenvalue weighted by Crippen LogP contribution is 2.05. The van der Waals surface area contributed by atoms with Crippen LogP contribution in [0.2, 0.25) is 0 Å². The van der Waals surface area contributed by atoms with Crippen molar-refractivity contribution in [2.24, 2.45) is 0 Å². The van der Waals surface area contributed by atoms with E-state index in [2.05, 4.69) is 17.6 Å². The maximum absolute atomic E-state index is 11.2. The third-order valence-electron chi connectivity index (χ3n) is 2.09. The molecule has 3 heteroatoms.